The number of rotatable bonds is 1. The average Bonchev–Trinajstić information content (AvgIpc) is 2.46. The molecule has 1 heterocycles. The lowest BCUT2D eigenvalue weighted by Gasteiger charge is -2.04. The summed E-state index contributed by atoms with van der Waals surface area (Å²) >= 11 is 0. The summed E-state index contributed by atoms with van der Waals surface area (Å²) < 4.78 is 41.4. The smallest absolute Gasteiger partial charge is 0.511 e. The van der Waals surface area contributed by atoms with Crippen LogP contribution in [0.2, 0.25) is 0 Å². The molecule has 1 aromatic heterocycles. The lowest BCUT2D eigenvalue weighted by Crippen LogP contribution is -3.00. The molecule has 4 nitrogen and oxygen atoms in total. The van der Waals surface area contributed by atoms with Gasteiger partial charge in [0.05, 0.1) is 7.05 Å². The number of aromatic nitrogens is 2. The Morgan fingerprint density at radius 1 is 1.53 bits per heavy atom. The number of ether oxygens (including phenoxy) is 1. The fourth-order valence-electron chi connectivity index (χ4n) is 0.776. The fourth-order valence-corrected chi connectivity index (χ4v) is 0.776. The van der Waals surface area contributed by atoms with Gasteiger partial charge in [0.15, 0.2) is 6.61 Å². The van der Waals surface area contributed by atoms with Gasteiger partial charge in [-0.1, -0.05) is 0 Å². The van der Waals surface area contributed by atoms with E-state index in [-0.39, 0.29) is 24.0 Å². The van der Waals surface area contributed by atoms with Crippen LogP contribution in [0.25, 0.3) is 0 Å². The highest BCUT2D eigenvalue weighted by Crippen LogP contribution is 2.14. The normalized spacial score (nSPS) is 10.7. The molecular formula is C7H8F3IN2O2. The molecule has 1 rings (SSSR count). The van der Waals surface area contributed by atoms with E-state index in [1.165, 1.54) is 23.3 Å². The third-order valence-electron chi connectivity index (χ3n) is 1.34. The first-order valence-electron chi connectivity index (χ1n) is 3.65. The van der Waals surface area contributed by atoms with E-state index >= 15 is 0 Å². The molecule has 0 aliphatic carbocycles. The lowest BCUT2D eigenvalue weighted by molar-refractivity contribution is -0.670. The number of carbonyl (C=O) groups excluding carboxylic acids is 1. The minimum atomic E-state index is -4.50. The summed E-state index contributed by atoms with van der Waals surface area (Å²) in [6.45, 7) is -1.58. The van der Waals surface area contributed by atoms with Gasteiger partial charge in [-0.15, -0.1) is 4.57 Å². The van der Waals surface area contributed by atoms with Crippen LogP contribution >= 0.6 is 0 Å². The number of aryl methyl sites for hydroxylation is 1. The molecule has 0 radical (unpaired) electrons. The third kappa shape index (κ3) is 5.00. The van der Waals surface area contributed by atoms with E-state index in [4.69, 9.17) is 0 Å². The van der Waals surface area contributed by atoms with Crippen molar-refractivity contribution in [1.82, 2.24) is 4.57 Å². The van der Waals surface area contributed by atoms with Crippen molar-refractivity contribution in [2.24, 2.45) is 7.05 Å². The van der Waals surface area contributed by atoms with Crippen LogP contribution < -0.4 is 28.5 Å². The summed E-state index contributed by atoms with van der Waals surface area (Å²) in [5.74, 6) is 0. The van der Waals surface area contributed by atoms with Crippen LogP contribution in [0.3, 0.4) is 0 Å². The predicted octanol–water partition coefficient (Wildman–Crippen LogP) is -2.14. The Kier molecular flexibility index (Phi) is 5.05. The number of alkyl halides is 3. The number of hydrogen-bond acceptors (Lipinski definition) is 2. The number of imidazole rings is 1. The first-order chi connectivity index (χ1) is 6.38. The average molecular weight is 336 g/mol. The van der Waals surface area contributed by atoms with Crippen LogP contribution in [0.5, 0.6) is 0 Å². The Bertz CT molecular complexity index is 337. The molecule has 0 aliphatic rings. The first-order valence-corrected chi connectivity index (χ1v) is 3.65. The number of carbonyl (C=O) groups is 1. The molecule has 8 heteroatoms. The summed E-state index contributed by atoms with van der Waals surface area (Å²) in [5.41, 5.74) is 0. The van der Waals surface area contributed by atoms with Crippen molar-refractivity contribution in [1.29, 1.82) is 0 Å². The highest BCUT2D eigenvalue weighted by Gasteiger charge is 2.30. The van der Waals surface area contributed by atoms with Gasteiger partial charge in [0, 0.05) is 0 Å². The molecule has 0 amide bonds. The van der Waals surface area contributed by atoms with Gasteiger partial charge in [0.2, 0.25) is 0 Å². The largest absolute Gasteiger partial charge is 1.00 e. The van der Waals surface area contributed by atoms with Crippen LogP contribution in [-0.4, -0.2) is 23.4 Å². The van der Waals surface area contributed by atoms with Gasteiger partial charge >= 0.3 is 12.3 Å². The van der Waals surface area contributed by atoms with Crippen LogP contribution in [0.1, 0.15) is 0 Å². The van der Waals surface area contributed by atoms with Crippen molar-refractivity contribution < 1.29 is 51.2 Å². The molecule has 0 fully saturated rings. The van der Waals surface area contributed by atoms with E-state index in [1.807, 2.05) is 0 Å². The standard InChI is InChI=1S/C7H8F3N2O2.HI/c1-11-2-3-12(5-11)6(13)14-4-7(8,9)10;/h2-3,5H,4H2,1H3;1H/q+1;/p-1. The molecule has 0 saturated carbocycles. The number of halogens is 4. The molecule has 0 N–H and O–H groups in total. The first kappa shape index (κ1) is 14.2. The summed E-state index contributed by atoms with van der Waals surface area (Å²) in [7, 11) is 1.63. The lowest BCUT2D eigenvalue weighted by atomic mass is 10.7. The van der Waals surface area contributed by atoms with Crippen molar-refractivity contribution in [2.45, 2.75) is 6.18 Å². The second-order valence-corrected chi connectivity index (χ2v) is 2.66. The van der Waals surface area contributed by atoms with Crippen LogP contribution in [0.4, 0.5) is 18.0 Å². The highest BCUT2D eigenvalue weighted by atomic mass is 127. The van der Waals surface area contributed by atoms with Gasteiger partial charge in [-0.3, -0.25) is 0 Å². The summed E-state index contributed by atoms with van der Waals surface area (Å²) in [6.07, 6.45) is -1.43. The third-order valence-corrected chi connectivity index (χ3v) is 1.34. The zero-order chi connectivity index (χ0) is 10.8. The van der Waals surface area contributed by atoms with E-state index in [1.54, 1.807) is 7.05 Å². The van der Waals surface area contributed by atoms with E-state index in [0.29, 0.717) is 0 Å². The molecule has 1 aromatic rings. The Labute approximate surface area is 101 Å². The van der Waals surface area contributed by atoms with Gasteiger partial charge in [-0.05, 0) is 0 Å². The molecule has 0 saturated heterocycles. The minimum Gasteiger partial charge on any atom is -1.00 e. The molecule has 86 valence electrons. The second-order valence-electron chi connectivity index (χ2n) is 2.66. The van der Waals surface area contributed by atoms with E-state index in [9.17, 15) is 18.0 Å². The summed E-state index contributed by atoms with van der Waals surface area (Å²) in [6, 6.07) is 0. The maximum absolute atomic E-state index is 11.6. The SMILES string of the molecule is C[n+]1ccn(C(=O)OCC(F)(F)F)c1.[I-]. The van der Waals surface area contributed by atoms with Crippen molar-refractivity contribution in [3.63, 3.8) is 0 Å². The van der Waals surface area contributed by atoms with Crippen molar-refractivity contribution in [2.75, 3.05) is 6.61 Å². The molecule has 0 aromatic carbocycles. The van der Waals surface area contributed by atoms with E-state index in [0.717, 1.165) is 4.57 Å². The minimum absolute atomic E-state index is 0. The summed E-state index contributed by atoms with van der Waals surface area (Å²) in [4.78, 5) is 10.9. The zero-order valence-electron chi connectivity index (χ0n) is 7.66. The molecule has 0 unspecified atom stereocenters. The van der Waals surface area contributed by atoms with Gasteiger partial charge < -0.3 is 28.7 Å². The Balaban J connectivity index is 0.00000196. The second kappa shape index (κ2) is 5.33. The van der Waals surface area contributed by atoms with Crippen molar-refractivity contribution >= 4 is 6.09 Å². The van der Waals surface area contributed by atoms with Crippen LogP contribution in [0.15, 0.2) is 18.7 Å². The Hall–Kier alpha value is -0.800. The fraction of sp³-hybridized carbons (Fsp3) is 0.429. The highest BCUT2D eigenvalue weighted by molar-refractivity contribution is 5.69. The van der Waals surface area contributed by atoms with Gasteiger partial charge in [0.1, 0.15) is 12.4 Å². The zero-order valence-corrected chi connectivity index (χ0v) is 9.82. The molecule has 0 bridgehead atoms. The molecule has 0 aliphatic heterocycles. The monoisotopic (exact) mass is 336 g/mol. The Morgan fingerprint density at radius 2 is 2.13 bits per heavy atom. The molecule has 15 heavy (non-hydrogen) atoms. The van der Waals surface area contributed by atoms with Gasteiger partial charge in [0.25, 0.3) is 6.33 Å². The van der Waals surface area contributed by atoms with E-state index < -0.39 is 18.9 Å². The summed E-state index contributed by atoms with van der Waals surface area (Å²) in [5, 5.41) is 0. The predicted molar refractivity (Wildman–Crippen MR) is 38.4 cm³/mol. The van der Waals surface area contributed by atoms with Crippen molar-refractivity contribution in [3.8, 4) is 0 Å². The van der Waals surface area contributed by atoms with E-state index in [2.05, 4.69) is 4.74 Å². The molecule has 0 spiro atoms. The van der Waals surface area contributed by atoms with Gasteiger partial charge in [-0.2, -0.15) is 18.0 Å². The van der Waals surface area contributed by atoms with Crippen LogP contribution in [0, 0.1) is 0 Å². The maximum atomic E-state index is 11.6. The topological polar surface area (TPSA) is 35.1 Å². The number of hydrogen-bond donors (Lipinski definition) is 0. The van der Waals surface area contributed by atoms with Gasteiger partial charge in [-0.25, -0.2) is 4.57 Å². The molecular weight excluding hydrogens is 328 g/mol. The number of nitrogens with zero attached hydrogens (tertiary/aromatic N) is 2. The van der Waals surface area contributed by atoms with Crippen molar-refractivity contribution in [3.05, 3.63) is 18.7 Å². The quantitative estimate of drug-likeness (QED) is 0.434. The van der Waals surface area contributed by atoms with Crippen LogP contribution in [-0.2, 0) is 11.8 Å². The maximum Gasteiger partial charge on any atom is 0.511 e. The Morgan fingerprint density at radius 3 is 2.53 bits per heavy atom. The molecule has 0 atom stereocenters.